The third kappa shape index (κ3) is 4.17. The summed E-state index contributed by atoms with van der Waals surface area (Å²) in [5.74, 6) is 1.33. The van der Waals surface area contributed by atoms with E-state index in [1.54, 1.807) is 0 Å². The first-order valence-electron chi connectivity index (χ1n) is 8.33. The fraction of sp³-hybridized carbons (Fsp3) is 1.00. The molecule has 3 atom stereocenters. The van der Waals surface area contributed by atoms with Crippen LogP contribution in [0.5, 0.6) is 0 Å². The molecule has 2 aliphatic rings. The molecular formula is C16H32N2O. The minimum Gasteiger partial charge on any atom is -0.396 e. The van der Waals surface area contributed by atoms with Crippen molar-refractivity contribution in [2.45, 2.75) is 64.5 Å². The molecular weight excluding hydrogens is 236 g/mol. The van der Waals surface area contributed by atoms with Crippen LogP contribution in [0.2, 0.25) is 0 Å². The lowest BCUT2D eigenvalue weighted by Gasteiger charge is -2.36. The maximum absolute atomic E-state index is 9.41. The van der Waals surface area contributed by atoms with Gasteiger partial charge in [-0.1, -0.05) is 13.3 Å². The Balaban J connectivity index is 1.73. The summed E-state index contributed by atoms with van der Waals surface area (Å²) in [5.41, 5.74) is 0. The number of aliphatic hydroxyl groups is 1. The Morgan fingerprint density at radius 2 is 1.95 bits per heavy atom. The molecule has 1 aliphatic carbocycles. The zero-order valence-electron chi connectivity index (χ0n) is 12.8. The minimum absolute atomic E-state index is 0.360. The Kier molecular flexibility index (Phi) is 6.11. The molecule has 0 amide bonds. The second-order valence-corrected chi connectivity index (χ2v) is 6.61. The van der Waals surface area contributed by atoms with Crippen LogP contribution in [0.1, 0.15) is 52.4 Å². The van der Waals surface area contributed by atoms with Crippen molar-refractivity contribution >= 4 is 0 Å². The second-order valence-electron chi connectivity index (χ2n) is 6.61. The van der Waals surface area contributed by atoms with E-state index in [1.165, 1.54) is 58.2 Å². The Morgan fingerprint density at radius 1 is 1.21 bits per heavy atom. The summed E-state index contributed by atoms with van der Waals surface area (Å²) in [7, 11) is 0. The smallest absolute Gasteiger partial charge is 0.0474 e. The lowest BCUT2D eigenvalue weighted by Crippen LogP contribution is -2.47. The second kappa shape index (κ2) is 7.61. The van der Waals surface area contributed by atoms with E-state index in [0.29, 0.717) is 24.6 Å². The van der Waals surface area contributed by atoms with Crippen LogP contribution in [0.15, 0.2) is 0 Å². The summed E-state index contributed by atoms with van der Waals surface area (Å²) in [6.07, 6.45) is 7.69. The number of piperidine rings is 1. The molecule has 2 fully saturated rings. The predicted molar refractivity (Wildman–Crippen MR) is 80.3 cm³/mol. The molecule has 3 nitrogen and oxygen atoms in total. The van der Waals surface area contributed by atoms with Gasteiger partial charge in [-0.3, -0.25) is 0 Å². The SMILES string of the molecule is CCCN1CCC(C(C)NC2CCCC2CO)CC1. The van der Waals surface area contributed by atoms with E-state index in [2.05, 4.69) is 24.1 Å². The lowest BCUT2D eigenvalue weighted by molar-refractivity contribution is 0.146. The highest BCUT2D eigenvalue weighted by molar-refractivity contribution is 4.87. The maximum atomic E-state index is 9.41. The average molecular weight is 268 g/mol. The molecule has 19 heavy (non-hydrogen) atoms. The number of hydrogen-bond donors (Lipinski definition) is 2. The zero-order valence-corrected chi connectivity index (χ0v) is 12.8. The highest BCUT2D eigenvalue weighted by Gasteiger charge is 2.30. The molecule has 0 spiro atoms. The van der Waals surface area contributed by atoms with Crippen LogP contribution in [0.4, 0.5) is 0 Å². The van der Waals surface area contributed by atoms with Crippen molar-refractivity contribution in [3.05, 3.63) is 0 Å². The summed E-state index contributed by atoms with van der Waals surface area (Å²) in [6.45, 7) is 8.80. The van der Waals surface area contributed by atoms with Gasteiger partial charge in [-0.05, 0) is 70.5 Å². The number of nitrogens with zero attached hydrogens (tertiary/aromatic N) is 1. The molecule has 0 aromatic rings. The molecule has 3 unspecified atom stereocenters. The number of likely N-dealkylation sites (tertiary alicyclic amines) is 1. The molecule has 2 N–H and O–H groups in total. The fourth-order valence-corrected chi connectivity index (χ4v) is 3.94. The van der Waals surface area contributed by atoms with Gasteiger partial charge >= 0.3 is 0 Å². The van der Waals surface area contributed by atoms with Crippen molar-refractivity contribution in [3.8, 4) is 0 Å². The van der Waals surface area contributed by atoms with Gasteiger partial charge in [0, 0.05) is 18.7 Å². The average Bonchev–Trinajstić information content (AvgIpc) is 2.87. The molecule has 112 valence electrons. The quantitative estimate of drug-likeness (QED) is 0.775. The summed E-state index contributed by atoms with van der Waals surface area (Å²) in [5, 5.41) is 13.2. The third-order valence-electron chi connectivity index (χ3n) is 5.25. The van der Waals surface area contributed by atoms with Crippen molar-refractivity contribution in [1.82, 2.24) is 10.2 Å². The van der Waals surface area contributed by atoms with Crippen molar-refractivity contribution in [3.63, 3.8) is 0 Å². The van der Waals surface area contributed by atoms with Crippen molar-refractivity contribution in [2.24, 2.45) is 11.8 Å². The normalized spacial score (nSPS) is 31.7. The largest absolute Gasteiger partial charge is 0.396 e. The summed E-state index contributed by atoms with van der Waals surface area (Å²) >= 11 is 0. The molecule has 0 radical (unpaired) electrons. The van der Waals surface area contributed by atoms with E-state index < -0.39 is 0 Å². The zero-order chi connectivity index (χ0) is 13.7. The molecule has 0 aromatic carbocycles. The van der Waals surface area contributed by atoms with Gasteiger partial charge in [-0.15, -0.1) is 0 Å². The molecule has 1 heterocycles. The number of aliphatic hydroxyl groups excluding tert-OH is 1. The topological polar surface area (TPSA) is 35.5 Å². The van der Waals surface area contributed by atoms with Gasteiger partial charge in [0.15, 0.2) is 0 Å². The number of rotatable bonds is 6. The maximum Gasteiger partial charge on any atom is 0.0474 e. The predicted octanol–water partition coefficient (Wildman–Crippen LogP) is 2.25. The highest BCUT2D eigenvalue weighted by Crippen LogP contribution is 2.28. The van der Waals surface area contributed by atoms with Crippen LogP contribution < -0.4 is 5.32 Å². The first-order valence-corrected chi connectivity index (χ1v) is 8.33. The summed E-state index contributed by atoms with van der Waals surface area (Å²) in [6, 6.07) is 1.18. The van der Waals surface area contributed by atoms with Crippen LogP contribution in [0.3, 0.4) is 0 Å². The van der Waals surface area contributed by atoms with E-state index in [9.17, 15) is 5.11 Å². The van der Waals surface area contributed by atoms with Gasteiger partial charge in [0.2, 0.25) is 0 Å². The Hall–Kier alpha value is -0.120. The van der Waals surface area contributed by atoms with E-state index >= 15 is 0 Å². The Labute approximate surface area is 118 Å². The Morgan fingerprint density at radius 3 is 2.58 bits per heavy atom. The van der Waals surface area contributed by atoms with Gasteiger partial charge in [-0.2, -0.15) is 0 Å². The first-order chi connectivity index (χ1) is 9.24. The Bertz CT molecular complexity index is 251. The fourth-order valence-electron chi connectivity index (χ4n) is 3.94. The standard InChI is InChI=1S/C16H32N2O/c1-3-9-18-10-7-14(8-11-18)13(2)17-16-6-4-5-15(16)12-19/h13-17,19H,3-12H2,1-2H3. The molecule has 0 aromatic heterocycles. The molecule has 3 heteroatoms. The van der Waals surface area contributed by atoms with E-state index in [4.69, 9.17) is 0 Å². The number of hydrogen-bond acceptors (Lipinski definition) is 3. The van der Waals surface area contributed by atoms with Gasteiger partial charge in [0.1, 0.15) is 0 Å². The molecule has 0 bridgehead atoms. The number of nitrogens with one attached hydrogen (secondary N) is 1. The van der Waals surface area contributed by atoms with Crippen LogP contribution in [-0.2, 0) is 0 Å². The third-order valence-corrected chi connectivity index (χ3v) is 5.25. The minimum atomic E-state index is 0.360. The molecule has 1 aliphatic heterocycles. The molecule has 1 saturated heterocycles. The van der Waals surface area contributed by atoms with E-state index in [-0.39, 0.29) is 0 Å². The summed E-state index contributed by atoms with van der Waals surface area (Å²) in [4.78, 5) is 2.61. The first kappa shape index (κ1) is 15.3. The highest BCUT2D eigenvalue weighted by atomic mass is 16.3. The van der Waals surface area contributed by atoms with Gasteiger partial charge in [0.05, 0.1) is 0 Å². The van der Waals surface area contributed by atoms with Crippen molar-refractivity contribution in [2.75, 3.05) is 26.2 Å². The monoisotopic (exact) mass is 268 g/mol. The van der Waals surface area contributed by atoms with Crippen LogP contribution in [0, 0.1) is 11.8 Å². The van der Waals surface area contributed by atoms with Crippen molar-refractivity contribution < 1.29 is 5.11 Å². The molecule has 1 saturated carbocycles. The van der Waals surface area contributed by atoms with Gasteiger partial charge in [0.25, 0.3) is 0 Å². The van der Waals surface area contributed by atoms with Gasteiger partial charge < -0.3 is 15.3 Å². The van der Waals surface area contributed by atoms with Crippen molar-refractivity contribution in [1.29, 1.82) is 0 Å². The van der Waals surface area contributed by atoms with E-state index in [1.807, 2.05) is 0 Å². The van der Waals surface area contributed by atoms with Crippen LogP contribution in [-0.4, -0.2) is 48.3 Å². The van der Waals surface area contributed by atoms with Crippen LogP contribution in [0.25, 0.3) is 0 Å². The lowest BCUT2D eigenvalue weighted by atomic mass is 9.89. The van der Waals surface area contributed by atoms with E-state index in [0.717, 1.165) is 5.92 Å². The van der Waals surface area contributed by atoms with Gasteiger partial charge in [-0.25, -0.2) is 0 Å². The van der Waals surface area contributed by atoms with Crippen LogP contribution >= 0.6 is 0 Å². The summed E-state index contributed by atoms with van der Waals surface area (Å²) < 4.78 is 0. The molecule has 2 rings (SSSR count).